The molecule has 1 fully saturated rings. The highest BCUT2D eigenvalue weighted by Gasteiger charge is 2.20. The van der Waals surface area contributed by atoms with Gasteiger partial charge in [-0.05, 0) is 50.1 Å². The smallest absolute Gasteiger partial charge is 0.257 e. The predicted molar refractivity (Wildman–Crippen MR) is 110 cm³/mol. The van der Waals surface area contributed by atoms with Crippen LogP contribution in [0.15, 0.2) is 53.4 Å². The number of aromatic nitrogens is 3. The van der Waals surface area contributed by atoms with E-state index in [9.17, 15) is 4.79 Å². The number of rotatable bonds is 6. The van der Waals surface area contributed by atoms with Crippen molar-refractivity contribution in [3.05, 3.63) is 65.7 Å². The maximum Gasteiger partial charge on any atom is 0.257 e. The van der Waals surface area contributed by atoms with Gasteiger partial charge in [0.1, 0.15) is 11.4 Å². The molecule has 0 atom stereocenters. The van der Waals surface area contributed by atoms with Crippen molar-refractivity contribution in [2.75, 3.05) is 23.3 Å². The summed E-state index contributed by atoms with van der Waals surface area (Å²) in [5.41, 5.74) is 4.14. The van der Waals surface area contributed by atoms with Gasteiger partial charge in [0.05, 0.1) is 5.56 Å². The molecule has 3 heterocycles. The van der Waals surface area contributed by atoms with Gasteiger partial charge in [0.2, 0.25) is 0 Å². The van der Waals surface area contributed by atoms with Crippen LogP contribution >= 0.6 is 0 Å². The van der Waals surface area contributed by atoms with E-state index in [2.05, 4.69) is 36.9 Å². The Balaban J connectivity index is 1.31. The van der Waals surface area contributed by atoms with E-state index in [4.69, 9.17) is 4.63 Å². The Morgan fingerprint density at radius 1 is 1.21 bits per heavy atom. The minimum Gasteiger partial charge on any atom is -0.371 e. The van der Waals surface area contributed by atoms with Gasteiger partial charge >= 0.3 is 0 Å². The van der Waals surface area contributed by atoms with E-state index in [-0.39, 0.29) is 5.91 Å². The number of nitrogens with zero attached hydrogens (tertiary/aromatic N) is 4. The fraction of sp³-hybridized carbons (Fsp3) is 0.333. The molecule has 0 bridgehead atoms. The van der Waals surface area contributed by atoms with Gasteiger partial charge in [0.25, 0.3) is 5.91 Å². The molecule has 3 aromatic rings. The first kappa shape index (κ1) is 19.1. The van der Waals surface area contributed by atoms with E-state index in [1.807, 2.05) is 25.1 Å². The zero-order chi connectivity index (χ0) is 20.1. The lowest BCUT2D eigenvalue weighted by Crippen LogP contribution is -2.42. The number of hydrogen-bond donors (Lipinski definition) is 2. The highest BCUT2D eigenvalue weighted by atomic mass is 16.6. The quantitative estimate of drug-likeness (QED) is 0.666. The third kappa shape index (κ3) is 4.78. The second-order valence-corrected chi connectivity index (χ2v) is 7.18. The standard InChI is InChI=1S/C21H24N6O2/c1-15-20(26-29-25-15)14-23-17-7-10-27(11-8-17)19-6-2-5-18(12-19)24-21(28)16-4-3-9-22-13-16/h2-6,9,12-13,17,23H,7-8,10-11,14H2,1H3,(H,24,28). The van der Waals surface area contributed by atoms with Crippen molar-refractivity contribution >= 4 is 17.3 Å². The summed E-state index contributed by atoms with van der Waals surface area (Å²) in [6.07, 6.45) is 5.29. The maximum atomic E-state index is 12.3. The molecule has 1 aromatic carbocycles. The second-order valence-electron chi connectivity index (χ2n) is 7.18. The van der Waals surface area contributed by atoms with Gasteiger partial charge in [-0.25, -0.2) is 4.63 Å². The second kappa shape index (κ2) is 8.83. The fourth-order valence-corrected chi connectivity index (χ4v) is 3.47. The van der Waals surface area contributed by atoms with Crippen LogP contribution in [0, 0.1) is 6.92 Å². The Labute approximate surface area is 169 Å². The molecule has 4 rings (SSSR count). The third-order valence-corrected chi connectivity index (χ3v) is 5.19. The van der Waals surface area contributed by atoms with Crippen LogP contribution in [0.25, 0.3) is 0 Å². The lowest BCUT2D eigenvalue weighted by atomic mass is 10.0. The average molecular weight is 392 g/mol. The number of anilines is 2. The monoisotopic (exact) mass is 392 g/mol. The van der Waals surface area contributed by atoms with Gasteiger partial charge in [-0.2, -0.15) is 0 Å². The van der Waals surface area contributed by atoms with E-state index < -0.39 is 0 Å². The molecule has 0 spiro atoms. The van der Waals surface area contributed by atoms with Crippen molar-refractivity contribution in [2.24, 2.45) is 0 Å². The summed E-state index contributed by atoms with van der Waals surface area (Å²) < 4.78 is 4.75. The number of benzene rings is 1. The highest BCUT2D eigenvalue weighted by molar-refractivity contribution is 6.04. The minimum atomic E-state index is -0.157. The molecular formula is C21H24N6O2. The first-order chi connectivity index (χ1) is 14.2. The van der Waals surface area contributed by atoms with Crippen LogP contribution in [0.4, 0.5) is 11.4 Å². The Hall–Kier alpha value is -3.26. The maximum absolute atomic E-state index is 12.3. The summed E-state index contributed by atoms with van der Waals surface area (Å²) in [4.78, 5) is 18.7. The average Bonchev–Trinajstić information content (AvgIpc) is 3.18. The van der Waals surface area contributed by atoms with Crippen LogP contribution < -0.4 is 15.5 Å². The molecule has 1 saturated heterocycles. The van der Waals surface area contributed by atoms with Crippen LogP contribution in [0.5, 0.6) is 0 Å². The first-order valence-electron chi connectivity index (χ1n) is 9.77. The molecule has 0 aliphatic carbocycles. The summed E-state index contributed by atoms with van der Waals surface area (Å²) >= 11 is 0. The highest BCUT2D eigenvalue weighted by Crippen LogP contribution is 2.24. The summed E-state index contributed by atoms with van der Waals surface area (Å²) in [5, 5.41) is 14.2. The van der Waals surface area contributed by atoms with E-state index in [0.29, 0.717) is 18.2 Å². The lowest BCUT2D eigenvalue weighted by molar-refractivity contribution is 0.102. The number of pyridine rings is 1. The predicted octanol–water partition coefficient (Wildman–Crippen LogP) is 2.78. The van der Waals surface area contributed by atoms with Crippen LogP contribution in [-0.4, -0.2) is 40.3 Å². The van der Waals surface area contributed by atoms with E-state index >= 15 is 0 Å². The largest absolute Gasteiger partial charge is 0.371 e. The molecule has 8 heteroatoms. The molecule has 150 valence electrons. The zero-order valence-electron chi connectivity index (χ0n) is 16.3. The van der Waals surface area contributed by atoms with Crippen molar-refractivity contribution in [3.8, 4) is 0 Å². The topological polar surface area (TPSA) is 96.2 Å². The number of piperidine rings is 1. The first-order valence-corrected chi connectivity index (χ1v) is 9.77. The molecule has 1 aliphatic heterocycles. The Morgan fingerprint density at radius 2 is 2.07 bits per heavy atom. The molecule has 2 aromatic heterocycles. The molecule has 2 N–H and O–H groups in total. The molecule has 8 nitrogen and oxygen atoms in total. The molecule has 1 amide bonds. The summed E-state index contributed by atoms with van der Waals surface area (Å²) in [6.45, 7) is 4.48. The van der Waals surface area contributed by atoms with Gasteiger partial charge in [-0.15, -0.1) is 0 Å². The molecular weight excluding hydrogens is 368 g/mol. The van der Waals surface area contributed by atoms with Crippen molar-refractivity contribution in [1.82, 2.24) is 20.6 Å². The molecule has 0 radical (unpaired) electrons. The summed E-state index contributed by atoms with van der Waals surface area (Å²) in [7, 11) is 0. The minimum absolute atomic E-state index is 0.157. The molecule has 1 aliphatic rings. The van der Waals surface area contributed by atoms with Crippen LogP contribution in [-0.2, 0) is 6.54 Å². The van der Waals surface area contributed by atoms with E-state index in [0.717, 1.165) is 48.7 Å². The Morgan fingerprint density at radius 3 is 2.79 bits per heavy atom. The van der Waals surface area contributed by atoms with Gasteiger partial charge < -0.3 is 15.5 Å². The fourth-order valence-electron chi connectivity index (χ4n) is 3.47. The molecule has 0 unspecified atom stereocenters. The van der Waals surface area contributed by atoms with Crippen molar-refractivity contribution in [3.63, 3.8) is 0 Å². The SMILES string of the molecule is Cc1nonc1CNC1CCN(c2cccc(NC(=O)c3cccnc3)c2)CC1. The van der Waals surface area contributed by atoms with Gasteiger partial charge in [-0.3, -0.25) is 9.78 Å². The van der Waals surface area contributed by atoms with Crippen LogP contribution in [0.3, 0.4) is 0 Å². The number of nitrogens with one attached hydrogen (secondary N) is 2. The van der Waals surface area contributed by atoms with Crippen molar-refractivity contribution in [1.29, 1.82) is 0 Å². The Kier molecular flexibility index (Phi) is 5.81. The number of amides is 1. The molecule has 0 saturated carbocycles. The number of carbonyl (C=O) groups is 1. The third-order valence-electron chi connectivity index (χ3n) is 5.19. The number of carbonyl (C=O) groups excluding carboxylic acids is 1. The summed E-state index contributed by atoms with van der Waals surface area (Å²) in [5.74, 6) is -0.157. The normalized spacial score (nSPS) is 14.7. The van der Waals surface area contributed by atoms with Gasteiger partial charge in [0, 0.05) is 49.4 Å². The lowest BCUT2D eigenvalue weighted by Gasteiger charge is -2.34. The van der Waals surface area contributed by atoms with Gasteiger partial charge in [-0.1, -0.05) is 16.4 Å². The van der Waals surface area contributed by atoms with Crippen LogP contribution in [0.1, 0.15) is 34.6 Å². The molecule has 29 heavy (non-hydrogen) atoms. The van der Waals surface area contributed by atoms with E-state index in [1.54, 1.807) is 24.5 Å². The van der Waals surface area contributed by atoms with Crippen LogP contribution in [0.2, 0.25) is 0 Å². The van der Waals surface area contributed by atoms with E-state index in [1.165, 1.54) is 0 Å². The van der Waals surface area contributed by atoms with Crippen molar-refractivity contribution in [2.45, 2.75) is 32.4 Å². The number of hydrogen-bond acceptors (Lipinski definition) is 7. The number of aryl methyl sites for hydroxylation is 1. The van der Waals surface area contributed by atoms with Gasteiger partial charge in [0.15, 0.2) is 0 Å². The Bertz CT molecular complexity index is 951. The zero-order valence-corrected chi connectivity index (χ0v) is 16.3. The summed E-state index contributed by atoms with van der Waals surface area (Å²) in [6, 6.07) is 11.9. The van der Waals surface area contributed by atoms with Crippen molar-refractivity contribution < 1.29 is 9.42 Å².